The predicted octanol–water partition coefficient (Wildman–Crippen LogP) is 7.80. The van der Waals surface area contributed by atoms with Gasteiger partial charge in [0, 0.05) is 74.5 Å². The van der Waals surface area contributed by atoms with E-state index in [0.717, 1.165) is 57.5 Å². The van der Waals surface area contributed by atoms with E-state index in [4.69, 9.17) is 9.47 Å². The SMILES string of the molecule is CC(C)N1CCCC1.CC(C)N1CCCCC1.CC(C)N1CCOCC1.CC1CN(C(C)(C)C)CC(C)O1.CN(C)C1CCN(C(C)(C)C)CC1. The molecule has 0 aromatic carbocycles. The normalized spacial score (nSPS) is 25.4. The lowest BCUT2D eigenvalue weighted by molar-refractivity contribution is -0.0924. The minimum absolute atomic E-state index is 0.284. The molecule has 2 unspecified atom stereocenters. The third-order valence-electron chi connectivity index (χ3n) is 11.3. The lowest BCUT2D eigenvalue weighted by atomic mass is 9.98. The van der Waals surface area contributed by atoms with Crippen molar-refractivity contribution in [1.82, 2.24) is 29.4 Å². The van der Waals surface area contributed by atoms with E-state index in [-0.39, 0.29) is 5.54 Å². The van der Waals surface area contributed by atoms with Crippen molar-refractivity contribution >= 4 is 0 Å². The molecule has 5 aliphatic rings. The Hall–Kier alpha value is -0.320. The highest BCUT2D eigenvalue weighted by Gasteiger charge is 2.30. The molecule has 0 N–H and O–H groups in total. The van der Waals surface area contributed by atoms with Crippen LogP contribution in [0.2, 0.25) is 0 Å². The van der Waals surface area contributed by atoms with Crippen LogP contribution in [0.3, 0.4) is 0 Å². The topological polar surface area (TPSA) is 37.9 Å². The zero-order valence-electron chi connectivity index (χ0n) is 37.4. The highest BCUT2D eigenvalue weighted by atomic mass is 16.5. The van der Waals surface area contributed by atoms with Crippen LogP contribution in [0.5, 0.6) is 0 Å². The van der Waals surface area contributed by atoms with Gasteiger partial charge in [-0.1, -0.05) is 6.42 Å². The Kier molecular flexibility index (Phi) is 23.8. The average molecular weight is 725 g/mol. The number of rotatable bonds is 4. The fraction of sp³-hybridized carbons (Fsp3) is 1.00. The van der Waals surface area contributed by atoms with Crippen molar-refractivity contribution in [2.24, 2.45) is 0 Å². The molecule has 0 bridgehead atoms. The molecule has 5 rings (SSSR count). The first-order valence-corrected chi connectivity index (χ1v) is 21.3. The van der Waals surface area contributed by atoms with Crippen LogP contribution < -0.4 is 0 Å². The summed E-state index contributed by atoms with van der Waals surface area (Å²) in [7, 11) is 4.38. The van der Waals surface area contributed by atoms with Gasteiger partial charge in [0.1, 0.15) is 0 Å². The summed E-state index contributed by atoms with van der Waals surface area (Å²) in [6.45, 7) is 45.6. The third-order valence-corrected chi connectivity index (χ3v) is 11.3. The van der Waals surface area contributed by atoms with Gasteiger partial charge in [0.05, 0.1) is 25.4 Å². The Morgan fingerprint density at radius 3 is 1.16 bits per heavy atom. The number of hydrogen-bond donors (Lipinski definition) is 0. The van der Waals surface area contributed by atoms with E-state index in [9.17, 15) is 0 Å². The summed E-state index contributed by atoms with van der Waals surface area (Å²) in [6, 6.07) is 3.04. The molecule has 8 heteroatoms. The van der Waals surface area contributed by atoms with Gasteiger partial charge in [-0.25, -0.2) is 0 Å². The molecule has 306 valence electrons. The standard InChI is InChI=1S/C11H24N2.C10H21NO.C8H17N.C7H15NO.C7H15N/c1-11(2,3)13-8-6-10(7-9-13)12(4)5;1-8-6-11(10(3,4)5)7-9(2)12-8;1-8(2)9-6-4-3-5-7-9;1-7(2)8-3-5-9-6-4-8;1-7(2)8-5-3-4-6-8/h10H,6-9H2,1-5H3;8-9H,6-7H2,1-5H3;8H,3-7H2,1-2H3;7H,3-6H2,1-2H3;7H,3-6H2,1-2H3. The molecule has 0 saturated carbocycles. The first-order valence-electron chi connectivity index (χ1n) is 21.3. The molecule has 0 aromatic heterocycles. The van der Waals surface area contributed by atoms with Crippen LogP contribution in [0.25, 0.3) is 0 Å². The smallest absolute Gasteiger partial charge is 0.0678 e. The van der Waals surface area contributed by atoms with Crippen LogP contribution in [0.4, 0.5) is 0 Å². The quantitative estimate of drug-likeness (QED) is 0.291. The minimum atomic E-state index is 0.284. The summed E-state index contributed by atoms with van der Waals surface area (Å²) < 4.78 is 10.9. The molecule has 0 spiro atoms. The zero-order chi connectivity index (χ0) is 38.8. The highest BCUT2D eigenvalue weighted by Crippen LogP contribution is 2.22. The molecule has 5 heterocycles. The van der Waals surface area contributed by atoms with Crippen LogP contribution >= 0.6 is 0 Å². The zero-order valence-corrected chi connectivity index (χ0v) is 37.4. The Balaban J connectivity index is 0.000000322. The molecule has 0 aliphatic carbocycles. The maximum Gasteiger partial charge on any atom is 0.0678 e. The summed E-state index contributed by atoms with van der Waals surface area (Å²) in [4.78, 5) is 15.0. The van der Waals surface area contributed by atoms with Gasteiger partial charge >= 0.3 is 0 Å². The molecule has 0 aromatic rings. The maximum atomic E-state index is 5.67. The monoisotopic (exact) mass is 725 g/mol. The van der Waals surface area contributed by atoms with Gasteiger partial charge in [-0.3, -0.25) is 14.7 Å². The van der Waals surface area contributed by atoms with Gasteiger partial charge < -0.3 is 24.2 Å². The molecular weight excluding hydrogens is 633 g/mol. The van der Waals surface area contributed by atoms with E-state index in [1.807, 2.05) is 0 Å². The highest BCUT2D eigenvalue weighted by molar-refractivity contribution is 4.84. The van der Waals surface area contributed by atoms with Gasteiger partial charge in [-0.05, 0) is 176 Å². The molecule has 51 heavy (non-hydrogen) atoms. The molecule has 5 saturated heterocycles. The van der Waals surface area contributed by atoms with E-state index in [1.54, 1.807) is 0 Å². The number of ether oxygens (including phenoxy) is 2. The Morgan fingerprint density at radius 2 is 0.863 bits per heavy atom. The Bertz CT molecular complexity index is 796. The Morgan fingerprint density at radius 1 is 0.510 bits per heavy atom. The van der Waals surface area contributed by atoms with Crippen LogP contribution in [-0.4, -0.2) is 170 Å². The Labute approximate surface area is 320 Å². The number of nitrogens with zero attached hydrogens (tertiary/aromatic N) is 6. The maximum absolute atomic E-state index is 5.67. The minimum Gasteiger partial charge on any atom is -0.379 e. The first-order chi connectivity index (χ1) is 23.7. The fourth-order valence-electron chi connectivity index (χ4n) is 7.57. The fourth-order valence-corrected chi connectivity index (χ4v) is 7.57. The second-order valence-corrected chi connectivity index (χ2v) is 19.0. The molecule has 0 amide bonds. The lowest BCUT2D eigenvalue weighted by Gasteiger charge is -2.43. The number of hydrogen-bond acceptors (Lipinski definition) is 8. The largest absolute Gasteiger partial charge is 0.379 e. The number of morpholine rings is 2. The summed E-state index contributed by atoms with van der Waals surface area (Å²) in [6.07, 6.45) is 10.5. The molecule has 8 nitrogen and oxygen atoms in total. The third kappa shape index (κ3) is 21.4. The van der Waals surface area contributed by atoms with Crippen LogP contribution in [0.15, 0.2) is 0 Å². The average Bonchev–Trinajstić information content (AvgIpc) is 3.62. The summed E-state index contributed by atoms with van der Waals surface area (Å²) in [5.41, 5.74) is 0.642. The van der Waals surface area contributed by atoms with Gasteiger partial charge in [0.15, 0.2) is 0 Å². The first kappa shape index (κ1) is 48.7. The molecular formula is C43H92N6O2. The van der Waals surface area contributed by atoms with Gasteiger partial charge in [-0.2, -0.15) is 0 Å². The van der Waals surface area contributed by atoms with Crippen molar-refractivity contribution in [2.75, 3.05) is 92.8 Å². The van der Waals surface area contributed by atoms with E-state index >= 15 is 0 Å². The van der Waals surface area contributed by atoms with Crippen molar-refractivity contribution in [2.45, 2.75) is 189 Å². The van der Waals surface area contributed by atoms with E-state index < -0.39 is 0 Å². The molecule has 5 aliphatic heterocycles. The second-order valence-electron chi connectivity index (χ2n) is 19.0. The number of likely N-dealkylation sites (tertiary alicyclic amines) is 3. The summed E-state index contributed by atoms with van der Waals surface area (Å²) >= 11 is 0. The van der Waals surface area contributed by atoms with E-state index in [0.29, 0.717) is 23.8 Å². The van der Waals surface area contributed by atoms with Crippen LogP contribution in [-0.2, 0) is 9.47 Å². The summed E-state index contributed by atoms with van der Waals surface area (Å²) in [5.74, 6) is 0. The van der Waals surface area contributed by atoms with Gasteiger partial charge in [0.25, 0.3) is 0 Å². The van der Waals surface area contributed by atoms with Crippen molar-refractivity contribution in [3.63, 3.8) is 0 Å². The van der Waals surface area contributed by atoms with E-state index in [1.165, 1.54) is 84.2 Å². The van der Waals surface area contributed by atoms with Crippen LogP contribution in [0, 0.1) is 0 Å². The van der Waals surface area contributed by atoms with Crippen molar-refractivity contribution in [3.05, 3.63) is 0 Å². The van der Waals surface area contributed by atoms with Crippen molar-refractivity contribution in [3.8, 4) is 0 Å². The van der Waals surface area contributed by atoms with Crippen LogP contribution in [0.1, 0.15) is 142 Å². The lowest BCUT2D eigenvalue weighted by Crippen LogP contribution is -2.53. The van der Waals surface area contributed by atoms with Gasteiger partial charge in [0.2, 0.25) is 0 Å². The molecule has 5 fully saturated rings. The number of piperidine rings is 2. The van der Waals surface area contributed by atoms with Gasteiger partial charge in [-0.15, -0.1) is 0 Å². The molecule has 0 radical (unpaired) electrons. The van der Waals surface area contributed by atoms with Crippen molar-refractivity contribution in [1.29, 1.82) is 0 Å². The predicted molar refractivity (Wildman–Crippen MR) is 223 cm³/mol. The summed E-state index contributed by atoms with van der Waals surface area (Å²) in [5, 5.41) is 0. The second kappa shape index (κ2) is 25.0. The van der Waals surface area contributed by atoms with E-state index in [2.05, 4.69) is 140 Å². The van der Waals surface area contributed by atoms with Crippen molar-refractivity contribution < 1.29 is 9.47 Å². The molecule has 2 atom stereocenters.